The lowest BCUT2D eigenvalue weighted by molar-refractivity contribution is 0.805. The minimum Gasteiger partial charge on any atom is -0.387 e. The molecule has 0 saturated carbocycles. The molecule has 0 atom stereocenters. The van der Waals surface area contributed by atoms with Crippen LogP contribution < -0.4 is 5.73 Å². The van der Waals surface area contributed by atoms with Crippen molar-refractivity contribution in [2.24, 2.45) is 10.7 Å². The molecular formula is C8H18N2S. The summed E-state index contributed by atoms with van der Waals surface area (Å²) in [5.74, 6) is 1.60. The number of amidine groups is 1. The number of nitrogens with two attached hydrogens (primary N) is 1. The third kappa shape index (κ3) is 7.72. The van der Waals surface area contributed by atoms with Crippen LogP contribution >= 0.6 is 11.8 Å². The van der Waals surface area contributed by atoms with Crippen molar-refractivity contribution in [3.8, 4) is 0 Å². The maximum Gasteiger partial charge on any atom is 0.104 e. The van der Waals surface area contributed by atoms with E-state index in [2.05, 4.69) is 25.8 Å². The molecule has 0 aromatic carbocycles. The van der Waals surface area contributed by atoms with Crippen LogP contribution in [0.5, 0.6) is 0 Å². The van der Waals surface area contributed by atoms with E-state index < -0.39 is 0 Å². The van der Waals surface area contributed by atoms with Crippen molar-refractivity contribution >= 4 is 17.6 Å². The fourth-order valence-electron chi connectivity index (χ4n) is 0.539. The monoisotopic (exact) mass is 174 g/mol. The SMILES string of the molecule is CCN=C(N)CSC(C)(C)C. The van der Waals surface area contributed by atoms with Crippen LogP contribution in [0, 0.1) is 0 Å². The molecule has 0 heterocycles. The van der Waals surface area contributed by atoms with E-state index in [4.69, 9.17) is 5.73 Å². The molecule has 2 N–H and O–H groups in total. The molecule has 0 spiro atoms. The third-order valence-corrected chi connectivity index (χ3v) is 2.32. The molecular weight excluding hydrogens is 156 g/mol. The minimum absolute atomic E-state index is 0.286. The van der Waals surface area contributed by atoms with E-state index in [1.807, 2.05) is 18.7 Å². The summed E-state index contributed by atoms with van der Waals surface area (Å²) >= 11 is 1.83. The lowest BCUT2D eigenvalue weighted by atomic mass is 10.3. The van der Waals surface area contributed by atoms with Crippen molar-refractivity contribution in [3.05, 3.63) is 0 Å². The summed E-state index contributed by atoms with van der Waals surface area (Å²) in [6.45, 7) is 9.32. The summed E-state index contributed by atoms with van der Waals surface area (Å²) in [5, 5.41) is 0. The fraction of sp³-hybridized carbons (Fsp3) is 0.875. The van der Waals surface area contributed by atoms with Crippen molar-refractivity contribution < 1.29 is 0 Å². The molecule has 0 radical (unpaired) electrons. The Morgan fingerprint density at radius 3 is 2.36 bits per heavy atom. The molecule has 0 aromatic heterocycles. The maximum absolute atomic E-state index is 5.62. The van der Waals surface area contributed by atoms with E-state index in [1.165, 1.54) is 0 Å². The summed E-state index contributed by atoms with van der Waals surface area (Å²) < 4.78 is 0.286. The molecule has 0 aliphatic carbocycles. The minimum atomic E-state index is 0.286. The van der Waals surface area contributed by atoms with Crippen LogP contribution in [0.15, 0.2) is 4.99 Å². The molecule has 3 heteroatoms. The zero-order valence-electron chi connectivity index (χ0n) is 7.85. The Balaban J connectivity index is 3.62. The predicted octanol–water partition coefficient (Wildman–Crippen LogP) is 1.90. The molecule has 0 bridgehead atoms. The Morgan fingerprint density at radius 2 is 2.00 bits per heavy atom. The van der Waals surface area contributed by atoms with E-state index in [0.717, 1.165) is 18.1 Å². The van der Waals surface area contributed by atoms with Crippen LogP contribution in [0.4, 0.5) is 0 Å². The highest BCUT2D eigenvalue weighted by atomic mass is 32.2. The van der Waals surface area contributed by atoms with Gasteiger partial charge in [-0.2, -0.15) is 0 Å². The first kappa shape index (κ1) is 10.8. The van der Waals surface area contributed by atoms with Gasteiger partial charge in [-0.15, -0.1) is 11.8 Å². The molecule has 0 unspecified atom stereocenters. The summed E-state index contributed by atoms with van der Waals surface area (Å²) in [6, 6.07) is 0. The van der Waals surface area contributed by atoms with Crippen LogP contribution in [0.25, 0.3) is 0 Å². The van der Waals surface area contributed by atoms with Crippen LogP contribution in [-0.2, 0) is 0 Å². The Labute approximate surface area is 73.7 Å². The maximum atomic E-state index is 5.62. The third-order valence-electron chi connectivity index (χ3n) is 1.01. The molecule has 66 valence electrons. The number of rotatable bonds is 3. The molecule has 0 aromatic rings. The molecule has 0 aliphatic heterocycles. The van der Waals surface area contributed by atoms with E-state index in [9.17, 15) is 0 Å². The van der Waals surface area contributed by atoms with Crippen LogP contribution in [0.2, 0.25) is 0 Å². The molecule has 2 nitrogen and oxygen atoms in total. The second-order valence-electron chi connectivity index (χ2n) is 3.37. The quantitative estimate of drug-likeness (QED) is 0.524. The van der Waals surface area contributed by atoms with Crippen molar-refractivity contribution in [2.45, 2.75) is 32.4 Å². The van der Waals surface area contributed by atoms with Crippen molar-refractivity contribution in [1.82, 2.24) is 0 Å². The molecule has 0 saturated heterocycles. The lowest BCUT2D eigenvalue weighted by Gasteiger charge is -2.16. The molecule has 0 aliphatic rings. The summed E-state index contributed by atoms with van der Waals surface area (Å²) in [4.78, 5) is 4.10. The first-order valence-corrected chi connectivity index (χ1v) is 4.87. The summed E-state index contributed by atoms with van der Waals surface area (Å²) in [7, 11) is 0. The van der Waals surface area contributed by atoms with Crippen LogP contribution in [0.1, 0.15) is 27.7 Å². The number of thioether (sulfide) groups is 1. The Kier molecular flexibility index (Phi) is 4.57. The second-order valence-corrected chi connectivity index (χ2v) is 5.17. The lowest BCUT2D eigenvalue weighted by Crippen LogP contribution is -2.19. The van der Waals surface area contributed by atoms with Gasteiger partial charge < -0.3 is 5.73 Å². The van der Waals surface area contributed by atoms with Crippen molar-refractivity contribution in [3.63, 3.8) is 0 Å². The first-order chi connectivity index (χ1) is 4.95. The van der Waals surface area contributed by atoms with Gasteiger partial charge >= 0.3 is 0 Å². The van der Waals surface area contributed by atoms with Crippen molar-refractivity contribution in [2.75, 3.05) is 12.3 Å². The van der Waals surface area contributed by atoms with Crippen LogP contribution in [-0.4, -0.2) is 22.9 Å². The predicted molar refractivity (Wildman–Crippen MR) is 54.4 cm³/mol. The standard InChI is InChI=1S/C8H18N2S/c1-5-10-7(9)6-11-8(2,3)4/h5-6H2,1-4H3,(H2,9,10). The zero-order chi connectivity index (χ0) is 8.91. The summed E-state index contributed by atoms with van der Waals surface area (Å²) in [6.07, 6.45) is 0. The average Bonchev–Trinajstić information content (AvgIpc) is 1.83. The van der Waals surface area contributed by atoms with Gasteiger partial charge in [-0.1, -0.05) is 20.8 Å². The van der Waals surface area contributed by atoms with Gasteiger partial charge in [-0.05, 0) is 6.92 Å². The van der Waals surface area contributed by atoms with Gasteiger partial charge in [0.05, 0.1) is 5.75 Å². The summed E-state index contributed by atoms with van der Waals surface area (Å²) in [5.41, 5.74) is 5.62. The Morgan fingerprint density at radius 1 is 1.45 bits per heavy atom. The molecule has 0 rings (SSSR count). The smallest absolute Gasteiger partial charge is 0.104 e. The highest BCUT2D eigenvalue weighted by Gasteiger charge is 2.10. The highest BCUT2D eigenvalue weighted by molar-refractivity contribution is 8.01. The molecule has 0 amide bonds. The number of hydrogen-bond donors (Lipinski definition) is 1. The van der Waals surface area contributed by atoms with E-state index in [-0.39, 0.29) is 4.75 Å². The average molecular weight is 174 g/mol. The fourth-order valence-corrected chi connectivity index (χ4v) is 1.21. The van der Waals surface area contributed by atoms with Gasteiger partial charge in [0.25, 0.3) is 0 Å². The number of nitrogens with zero attached hydrogens (tertiary/aromatic N) is 1. The van der Waals surface area contributed by atoms with Gasteiger partial charge in [-0.3, -0.25) is 4.99 Å². The van der Waals surface area contributed by atoms with Gasteiger partial charge in [-0.25, -0.2) is 0 Å². The molecule has 11 heavy (non-hydrogen) atoms. The van der Waals surface area contributed by atoms with Gasteiger partial charge in [0.15, 0.2) is 0 Å². The van der Waals surface area contributed by atoms with E-state index in [1.54, 1.807) is 0 Å². The largest absolute Gasteiger partial charge is 0.387 e. The van der Waals surface area contributed by atoms with Gasteiger partial charge in [0.1, 0.15) is 5.84 Å². The number of hydrogen-bond acceptors (Lipinski definition) is 2. The van der Waals surface area contributed by atoms with Gasteiger partial charge in [0.2, 0.25) is 0 Å². The number of aliphatic imine (C=N–C) groups is 1. The first-order valence-electron chi connectivity index (χ1n) is 3.88. The topological polar surface area (TPSA) is 38.4 Å². The second kappa shape index (κ2) is 4.65. The van der Waals surface area contributed by atoms with Crippen molar-refractivity contribution in [1.29, 1.82) is 0 Å². The van der Waals surface area contributed by atoms with Crippen LogP contribution in [0.3, 0.4) is 0 Å². The van der Waals surface area contributed by atoms with Gasteiger partial charge in [0, 0.05) is 11.3 Å². The van der Waals surface area contributed by atoms with E-state index in [0.29, 0.717) is 0 Å². The normalized spacial score (nSPS) is 13.6. The van der Waals surface area contributed by atoms with E-state index >= 15 is 0 Å². The Bertz CT molecular complexity index is 136. The Hall–Kier alpha value is -0.180. The highest BCUT2D eigenvalue weighted by Crippen LogP contribution is 2.22. The zero-order valence-corrected chi connectivity index (χ0v) is 8.66. The molecule has 0 fully saturated rings.